The van der Waals surface area contributed by atoms with Gasteiger partial charge in [0.1, 0.15) is 0 Å². The van der Waals surface area contributed by atoms with Gasteiger partial charge >= 0.3 is 0 Å². The monoisotopic (exact) mass is 316 g/mol. The van der Waals surface area contributed by atoms with E-state index in [1.165, 1.54) is 11.3 Å². The molecule has 1 aromatic heterocycles. The molecule has 2 rings (SSSR count). The number of nitrogens with zero attached hydrogens (tertiary/aromatic N) is 1. The van der Waals surface area contributed by atoms with Crippen LogP contribution in [0.4, 0.5) is 0 Å². The smallest absolute Gasteiger partial charge is 0.263 e. The van der Waals surface area contributed by atoms with Gasteiger partial charge in [-0.25, -0.2) is 0 Å². The summed E-state index contributed by atoms with van der Waals surface area (Å²) in [5.41, 5.74) is 5.93. The second-order valence-corrected chi connectivity index (χ2v) is 7.08. The maximum atomic E-state index is 12.3. The van der Waals surface area contributed by atoms with Crippen LogP contribution in [0.15, 0.2) is 15.9 Å². The van der Waals surface area contributed by atoms with Gasteiger partial charge in [0.2, 0.25) is 0 Å². The Bertz CT molecular complexity index is 405. The van der Waals surface area contributed by atoms with Gasteiger partial charge in [0, 0.05) is 19.1 Å². The van der Waals surface area contributed by atoms with Gasteiger partial charge in [-0.3, -0.25) is 4.79 Å². The standard InChI is InChI=1S/C12H17BrN2OS/c1-8(14)9-3-2-6-15(7-9)12(16)10-4-5-11(13)17-10/h4-5,8-9H,2-3,6-7,14H2,1H3/t8-,9+/m0/s1. The molecule has 0 aliphatic carbocycles. The van der Waals surface area contributed by atoms with E-state index in [0.717, 1.165) is 34.6 Å². The van der Waals surface area contributed by atoms with E-state index in [9.17, 15) is 4.79 Å². The van der Waals surface area contributed by atoms with Crippen molar-refractivity contribution in [3.8, 4) is 0 Å². The highest BCUT2D eigenvalue weighted by Crippen LogP contribution is 2.26. The van der Waals surface area contributed by atoms with E-state index in [4.69, 9.17) is 5.73 Å². The van der Waals surface area contributed by atoms with E-state index >= 15 is 0 Å². The van der Waals surface area contributed by atoms with Crippen LogP contribution in [0.3, 0.4) is 0 Å². The van der Waals surface area contributed by atoms with Gasteiger partial charge in [0.15, 0.2) is 0 Å². The Morgan fingerprint density at radius 1 is 1.65 bits per heavy atom. The van der Waals surface area contributed by atoms with Crippen LogP contribution < -0.4 is 5.73 Å². The quantitative estimate of drug-likeness (QED) is 0.911. The molecule has 17 heavy (non-hydrogen) atoms. The first kappa shape index (κ1) is 13.1. The molecule has 3 nitrogen and oxygen atoms in total. The zero-order valence-corrected chi connectivity index (χ0v) is 12.3. The molecule has 0 radical (unpaired) electrons. The summed E-state index contributed by atoms with van der Waals surface area (Å²) in [6.45, 7) is 3.68. The molecule has 2 heterocycles. The highest BCUT2D eigenvalue weighted by Gasteiger charge is 2.26. The first-order chi connectivity index (χ1) is 8.08. The van der Waals surface area contributed by atoms with Crippen LogP contribution in [0.5, 0.6) is 0 Å². The van der Waals surface area contributed by atoms with Crippen LogP contribution in [0.1, 0.15) is 29.4 Å². The molecule has 94 valence electrons. The molecule has 1 fully saturated rings. The summed E-state index contributed by atoms with van der Waals surface area (Å²) in [6, 6.07) is 3.97. The molecule has 2 N–H and O–H groups in total. The molecule has 1 aromatic rings. The molecule has 1 saturated heterocycles. The Labute approximate surface area is 114 Å². The first-order valence-electron chi connectivity index (χ1n) is 5.88. The van der Waals surface area contributed by atoms with Crippen molar-refractivity contribution >= 4 is 33.2 Å². The number of amides is 1. The second-order valence-electron chi connectivity index (χ2n) is 4.62. The average Bonchev–Trinajstić information content (AvgIpc) is 2.75. The SMILES string of the molecule is C[C@H](N)[C@@H]1CCCN(C(=O)c2ccc(Br)s2)C1. The maximum absolute atomic E-state index is 12.3. The lowest BCUT2D eigenvalue weighted by Crippen LogP contribution is -2.44. The fourth-order valence-corrected chi connectivity index (χ4v) is 3.56. The van der Waals surface area contributed by atoms with E-state index in [-0.39, 0.29) is 11.9 Å². The maximum Gasteiger partial charge on any atom is 0.263 e. The van der Waals surface area contributed by atoms with Crippen LogP contribution in [0.25, 0.3) is 0 Å². The summed E-state index contributed by atoms with van der Waals surface area (Å²) in [5, 5.41) is 0. The van der Waals surface area contributed by atoms with Gasteiger partial charge in [0.25, 0.3) is 5.91 Å². The number of piperidine rings is 1. The molecule has 5 heteroatoms. The minimum absolute atomic E-state index is 0.144. The third-order valence-corrected chi connectivity index (χ3v) is 4.88. The number of halogens is 1. The van der Waals surface area contributed by atoms with Gasteiger partial charge in [-0.15, -0.1) is 11.3 Å². The van der Waals surface area contributed by atoms with Crippen molar-refractivity contribution in [3.05, 3.63) is 20.8 Å². The molecule has 1 aliphatic rings. The summed E-state index contributed by atoms with van der Waals surface area (Å²) in [4.78, 5) is 15.0. The van der Waals surface area contributed by atoms with Gasteiger partial charge in [-0.2, -0.15) is 0 Å². The largest absolute Gasteiger partial charge is 0.338 e. The van der Waals surface area contributed by atoms with Crippen LogP contribution in [-0.4, -0.2) is 29.9 Å². The van der Waals surface area contributed by atoms with E-state index < -0.39 is 0 Å². The predicted octanol–water partition coefficient (Wildman–Crippen LogP) is 2.71. The van der Waals surface area contributed by atoms with Crippen molar-refractivity contribution in [2.45, 2.75) is 25.8 Å². The Morgan fingerprint density at radius 2 is 2.41 bits per heavy atom. The molecular formula is C12H17BrN2OS. The van der Waals surface area contributed by atoms with E-state index in [1.807, 2.05) is 24.0 Å². The minimum atomic E-state index is 0.144. The lowest BCUT2D eigenvalue weighted by atomic mass is 9.92. The molecule has 1 amide bonds. The number of carbonyl (C=O) groups is 1. The van der Waals surface area contributed by atoms with Gasteiger partial charge < -0.3 is 10.6 Å². The van der Waals surface area contributed by atoms with Crippen LogP contribution in [0, 0.1) is 5.92 Å². The number of rotatable bonds is 2. The van der Waals surface area contributed by atoms with Crippen molar-refractivity contribution < 1.29 is 4.79 Å². The van der Waals surface area contributed by atoms with Crippen molar-refractivity contribution in [1.82, 2.24) is 4.90 Å². The topological polar surface area (TPSA) is 46.3 Å². The highest BCUT2D eigenvalue weighted by atomic mass is 79.9. The summed E-state index contributed by atoms with van der Waals surface area (Å²) in [5.74, 6) is 0.585. The van der Waals surface area contributed by atoms with Crippen molar-refractivity contribution in [3.63, 3.8) is 0 Å². The number of hydrogen-bond donors (Lipinski definition) is 1. The van der Waals surface area contributed by atoms with Crippen molar-refractivity contribution in [2.24, 2.45) is 11.7 Å². The van der Waals surface area contributed by atoms with Crippen LogP contribution >= 0.6 is 27.3 Å². The van der Waals surface area contributed by atoms with Crippen molar-refractivity contribution in [1.29, 1.82) is 0 Å². The number of hydrogen-bond acceptors (Lipinski definition) is 3. The Kier molecular flexibility index (Phi) is 4.22. The number of likely N-dealkylation sites (tertiary alicyclic amines) is 1. The van der Waals surface area contributed by atoms with E-state index in [1.54, 1.807) is 0 Å². The van der Waals surface area contributed by atoms with E-state index in [0.29, 0.717) is 5.92 Å². The predicted molar refractivity (Wildman–Crippen MR) is 74.3 cm³/mol. The highest BCUT2D eigenvalue weighted by molar-refractivity contribution is 9.11. The Morgan fingerprint density at radius 3 is 3.00 bits per heavy atom. The molecular weight excluding hydrogens is 300 g/mol. The lowest BCUT2D eigenvalue weighted by Gasteiger charge is -2.34. The Balaban J connectivity index is 2.04. The van der Waals surface area contributed by atoms with Crippen LogP contribution in [0.2, 0.25) is 0 Å². The fourth-order valence-electron chi connectivity index (χ4n) is 2.21. The summed E-state index contributed by atoms with van der Waals surface area (Å²) >= 11 is 4.88. The number of nitrogens with two attached hydrogens (primary N) is 1. The third kappa shape index (κ3) is 3.09. The molecule has 1 aliphatic heterocycles. The molecule has 2 atom stereocenters. The van der Waals surface area contributed by atoms with Gasteiger partial charge in [0.05, 0.1) is 8.66 Å². The molecule has 0 bridgehead atoms. The summed E-state index contributed by atoms with van der Waals surface area (Å²) in [7, 11) is 0. The first-order valence-corrected chi connectivity index (χ1v) is 7.49. The summed E-state index contributed by atoms with van der Waals surface area (Å²) < 4.78 is 1.00. The minimum Gasteiger partial charge on any atom is -0.338 e. The zero-order chi connectivity index (χ0) is 12.4. The number of thiophene rings is 1. The lowest BCUT2D eigenvalue weighted by molar-refractivity contribution is 0.0666. The normalized spacial score (nSPS) is 22.5. The molecule has 0 aromatic carbocycles. The molecule has 0 saturated carbocycles. The van der Waals surface area contributed by atoms with Gasteiger partial charge in [-0.05, 0) is 53.7 Å². The van der Waals surface area contributed by atoms with Gasteiger partial charge in [-0.1, -0.05) is 0 Å². The zero-order valence-electron chi connectivity index (χ0n) is 9.86. The number of carbonyl (C=O) groups excluding carboxylic acids is 1. The molecule has 0 spiro atoms. The fraction of sp³-hybridized carbons (Fsp3) is 0.583. The second kappa shape index (κ2) is 5.50. The Hall–Kier alpha value is -0.390. The summed E-state index contributed by atoms with van der Waals surface area (Å²) in [6.07, 6.45) is 2.19. The average molecular weight is 317 g/mol. The van der Waals surface area contributed by atoms with Crippen LogP contribution in [-0.2, 0) is 0 Å². The third-order valence-electron chi connectivity index (χ3n) is 3.27. The van der Waals surface area contributed by atoms with E-state index in [2.05, 4.69) is 15.9 Å². The van der Waals surface area contributed by atoms with Crippen molar-refractivity contribution in [2.75, 3.05) is 13.1 Å². The molecule has 0 unspecified atom stereocenters.